The Balaban J connectivity index is 1.61. The van der Waals surface area contributed by atoms with Crippen molar-refractivity contribution in [1.82, 2.24) is 14.6 Å². The Labute approximate surface area is 124 Å². The predicted molar refractivity (Wildman–Crippen MR) is 78.2 cm³/mol. The molecular weight excluding hydrogens is 292 g/mol. The molecule has 3 heterocycles. The summed E-state index contributed by atoms with van der Waals surface area (Å²) in [4.78, 5) is 6.20. The van der Waals surface area contributed by atoms with Gasteiger partial charge in [-0.2, -0.15) is 0 Å². The number of rotatable bonds is 4. The third-order valence-corrected chi connectivity index (χ3v) is 5.54. The molecule has 2 fully saturated rings. The standard InChI is InChI=1S/C13H20N4O3S/c14-12-3-4-15-7-13(12)21(18,19)16-6-11-8-17-5-1-2-10(17)9-20-11/h3-4,7,10-11,16H,1-2,5-6,8-9H2,(H2,14,15). The zero-order chi connectivity index (χ0) is 14.9. The molecule has 0 saturated carbocycles. The normalized spacial score (nSPS) is 26.7. The highest BCUT2D eigenvalue weighted by Crippen LogP contribution is 2.22. The van der Waals surface area contributed by atoms with Crippen LogP contribution in [0.3, 0.4) is 0 Å². The molecule has 0 bridgehead atoms. The number of ether oxygens (including phenoxy) is 1. The van der Waals surface area contributed by atoms with Crippen molar-refractivity contribution < 1.29 is 13.2 Å². The van der Waals surface area contributed by atoms with Gasteiger partial charge in [-0.25, -0.2) is 13.1 Å². The number of nitrogens with zero attached hydrogens (tertiary/aromatic N) is 2. The number of hydrogen-bond acceptors (Lipinski definition) is 6. The molecular formula is C13H20N4O3S. The third kappa shape index (κ3) is 3.18. The first kappa shape index (κ1) is 14.7. The maximum absolute atomic E-state index is 12.2. The van der Waals surface area contributed by atoms with Crippen molar-refractivity contribution in [3.8, 4) is 0 Å². The van der Waals surface area contributed by atoms with Gasteiger partial charge >= 0.3 is 0 Å². The van der Waals surface area contributed by atoms with Crippen molar-refractivity contribution >= 4 is 15.7 Å². The molecule has 116 valence electrons. The summed E-state index contributed by atoms with van der Waals surface area (Å²) in [6.45, 7) is 2.78. The van der Waals surface area contributed by atoms with Crippen molar-refractivity contribution in [2.24, 2.45) is 0 Å². The second-order valence-corrected chi connectivity index (χ2v) is 7.25. The van der Waals surface area contributed by atoms with Gasteiger partial charge in [-0.05, 0) is 25.5 Å². The number of fused-ring (bicyclic) bond motifs is 1. The monoisotopic (exact) mass is 312 g/mol. The molecule has 3 rings (SSSR count). The smallest absolute Gasteiger partial charge is 0.244 e. The Morgan fingerprint density at radius 1 is 1.52 bits per heavy atom. The quantitative estimate of drug-likeness (QED) is 0.799. The van der Waals surface area contributed by atoms with Crippen LogP contribution in [-0.2, 0) is 14.8 Å². The molecule has 1 aromatic heterocycles. The zero-order valence-corrected chi connectivity index (χ0v) is 12.6. The number of nitrogens with two attached hydrogens (primary N) is 1. The van der Waals surface area contributed by atoms with Crippen LogP contribution in [0.5, 0.6) is 0 Å². The van der Waals surface area contributed by atoms with Crippen LogP contribution in [-0.4, -0.2) is 56.7 Å². The molecule has 2 aliphatic heterocycles. The third-order valence-electron chi connectivity index (χ3n) is 4.07. The predicted octanol–water partition coefficient (Wildman–Crippen LogP) is -0.195. The van der Waals surface area contributed by atoms with Crippen LogP contribution in [0.4, 0.5) is 5.69 Å². The van der Waals surface area contributed by atoms with E-state index in [1.165, 1.54) is 31.3 Å². The van der Waals surface area contributed by atoms with Gasteiger partial charge in [0.1, 0.15) is 4.90 Å². The van der Waals surface area contributed by atoms with Crippen molar-refractivity contribution in [2.45, 2.75) is 29.9 Å². The number of hydrogen-bond donors (Lipinski definition) is 2. The fraction of sp³-hybridized carbons (Fsp3) is 0.615. The van der Waals surface area contributed by atoms with Crippen LogP contribution in [0.2, 0.25) is 0 Å². The van der Waals surface area contributed by atoms with E-state index in [-0.39, 0.29) is 23.2 Å². The Morgan fingerprint density at radius 3 is 3.19 bits per heavy atom. The Bertz CT molecular complexity index is 607. The largest absolute Gasteiger partial charge is 0.398 e. The van der Waals surface area contributed by atoms with Crippen molar-refractivity contribution in [1.29, 1.82) is 0 Å². The molecule has 21 heavy (non-hydrogen) atoms. The molecule has 0 spiro atoms. The molecule has 2 atom stereocenters. The van der Waals surface area contributed by atoms with E-state index < -0.39 is 10.0 Å². The summed E-state index contributed by atoms with van der Waals surface area (Å²) >= 11 is 0. The van der Waals surface area contributed by atoms with Crippen LogP contribution < -0.4 is 10.5 Å². The van der Waals surface area contributed by atoms with Crippen LogP contribution in [0.1, 0.15) is 12.8 Å². The molecule has 7 nitrogen and oxygen atoms in total. The summed E-state index contributed by atoms with van der Waals surface area (Å²) in [6.07, 6.45) is 4.97. The number of aromatic nitrogens is 1. The van der Waals surface area contributed by atoms with E-state index in [0.717, 1.165) is 13.1 Å². The van der Waals surface area contributed by atoms with Crippen LogP contribution in [0.15, 0.2) is 23.4 Å². The second-order valence-electron chi connectivity index (χ2n) is 5.51. The lowest BCUT2D eigenvalue weighted by Gasteiger charge is -2.35. The maximum atomic E-state index is 12.2. The highest BCUT2D eigenvalue weighted by Gasteiger charge is 2.32. The van der Waals surface area contributed by atoms with E-state index in [4.69, 9.17) is 10.5 Å². The minimum atomic E-state index is -3.65. The van der Waals surface area contributed by atoms with Crippen molar-refractivity contribution in [2.75, 3.05) is 32.0 Å². The van der Waals surface area contributed by atoms with Gasteiger partial charge in [0, 0.05) is 31.5 Å². The van der Waals surface area contributed by atoms with E-state index in [1.54, 1.807) is 0 Å². The lowest BCUT2D eigenvalue weighted by molar-refractivity contribution is -0.0449. The number of nitrogens with one attached hydrogen (secondary N) is 1. The van der Waals surface area contributed by atoms with Crippen molar-refractivity contribution in [3.63, 3.8) is 0 Å². The molecule has 2 aliphatic rings. The average Bonchev–Trinajstić information content (AvgIpc) is 2.93. The van der Waals surface area contributed by atoms with Gasteiger partial charge in [-0.15, -0.1) is 0 Å². The summed E-state index contributed by atoms with van der Waals surface area (Å²) in [6, 6.07) is 1.98. The van der Waals surface area contributed by atoms with Gasteiger partial charge in [-0.1, -0.05) is 0 Å². The molecule has 2 unspecified atom stereocenters. The molecule has 2 saturated heterocycles. The molecule has 0 amide bonds. The SMILES string of the molecule is Nc1ccncc1S(=O)(=O)NCC1CN2CCCC2CO1. The highest BCUT2D eigenvalue weighted by atomic mass is 32.2. The van der Waals surface area contributed by atoms with Crippen LogP contribution in [0, 0.1) is 0 Å². The van der Waals surface area contributed by atoms with Gasteiger partial charge in [-0.3, -0.25) is 9.88 Å². The summed E-state index contributed by atoms with van der Waals surface area (Å²) in [5.41, 5.74) is 5.88. The summed E-state index contributed by atoms with van der Waals surface area (Å²) in [5.74, 6) is 0. The van der Waals surface area contributed by atoms with Gasteiger partial charge < -0.3 is 10.5 Å². The lowest BCUT2D eigenvalue weighted by atomic mass is 10.2. The summed E-state index contributed by atoms with van der Waals surface area (Å²) < 4.78 is 32.8. The van der Waals surface area contributed by atoms with Gasteiger partial charge in [0.15, 0.2) is 0 Å². The summed E-state index contributed by atoms with van der Waals surface area (Å²) in [7, 11) is -3.65. The number of morpholine rings is 1. The minimum absolute atomic E-state index is 0.0138. The molecule has 1 aromatic rings. The molecule has 3 N–H and O–H groups in total. The van der Waals surface area contributed by atoms with E-state index in [1.807, 2.05) is 0 Å². The van der Waals surface area contributed by atoms with E-state index >= 15 is 0 Å². The van der Waals surface area contributed by atoms with E-state index in [0.29, 0.717) is 12.6 Å². The Hall–Kier alpha value is -1.22. The van der Waals surface area contributed by atoms with E-state index in [9.17, 15) is 8.42 Å². The van der Waals surface area contributed by atoms with E-state index in [2.05, 4.69) is 14.6 Å². The van der Waals surface area contributed by atoms with Crippen LogP contribution in [0.25, 0.3) is 0 Å². The fourth-order valence-electron chi connectivity index (χ4n) is 2.90. The number of pyridine rings is 1. The van der Waals surface area contributed by atoms with Gasteiger partial charge in [0.05, 0.1) is 18.4 Å². The topological polar surface area (TPSA) is 97.5 Å². The lowest BCUT2D eigenvalue weighted by Crippen LogP contribution is -2.50. The number of anilines is 1. The molecule has 8 heteroatoms. The fourth-order valence-corrected chi connectivity index (χ4v) is 4.04. The second kappa shape index (κ2) is 5.88. The van der Waals surface area contributed by atoms with Gasteiger partial charge in [0.2, 0.25) is 10.0 Å². The zero-order valence-electron chi connectivity index (χ0n) is 11.7. The van der Waals surface area contributed by atoms with Crippen LogP contribution >= 0.6 is 0 Å². The molecule has 0 aromatic carbocycles. The Kier molecular flexibility index (Phi) is 4.12. The van der Waals surface area contributed by atoms with Crippen molar-refractivity contribution in [3.05, 3.63) is 18.5 Å². The Morgan fingerprint density at radius 2 is 2.38 bits per heavy atom. The summed E-state index contributed by atoms with van der Waals surface area (Å²) in [5, 5.41) is 0. The molecule has 0 aliphatic carbocycles. The first-order valence-electron chi connectivity index (χ1n) is 7.11. The number of sulfonamides is 1. The number of nitrogen functional groups attached to an aromatic ring is 1. The minimum Gasteiger partial charge on any atom is -0.398 e. The average molecular weight is 312 g/mol. The first-order chi connectivity index (χ1) is 10.1. The first-order valence-corrected chi connectivity index (χ1v) is 8.59. The van der Waals surface area contributed by atoms with Gasteiger partial charge in [0.25, 0.3) is 0 Å². The maximum Gasteiger partial charge on any atom is 0.244 e. The molecule has 0 radical (unpaired) electrons. The highest BCUT2D eigenvalue weighted by molar-refractivity contribution is 7.89.